The fourth-order valence-electron chi connectivity index (χ4n) is 3.71. The number of benzene rings is 1. The molecule has 0 saturated heterocycles. The number of carbonyl (C=O) groups is 1. The van der Waals surface area contributed by atoms with Crippen molar-refractivity contribution in [2.45, 2.75) is 32.2 Å². The number of nitrogens with zero attached hydrogens (tertiary/aromatic N) is 2. The molecule has 0 bridgehead atoms. The maximum atomic E-state index is 12.0. The van der Waals surface area contributed by atoms with E-state index in [2.05, 4.69) is 4.98 Å². The number of pyridine rings is 1. The highest BCUT2D eigenvalue weighted by atomic mass is 16.6. The monoisotopic (exact) mass is 382 g/mol. The number of carbonyl (C=O) groups excluding carboxylic acids is 1. The van der Waals surface area contributed by atoms with Crippen molar-refractivity contribution in [3.63, 3.8) is 0 Å². The van der Waals surface area contributed by atoms with Gasteiger partial charge in [-0.1, -0.05) is 24.3 Å². The molecule has 3 aromatic rings. The molecular formula is C21H22N2O5. The molecule has 2 aromatic heterocycles. The van der Waals surface area contributed by atoms with E-state index in [0.717, 1.165) is 22.5 Å². The fourth-order valence-corrected chi connectivity index (χ4v) is 3.71. The maximum Gasteiger partial charge on any atom is 0.332 e. The molecule has 1 aliphatic carbocycles. The second-order valence-corrected chi connectivity index (χ2v) is 6.77. The van der Waals surface area contributed by atoms with Crippen molar-refractivity contribution >= 4 is 11.6 Å². The molecule has 2 atom stereocenters. The number of aliphatic hydroxyl groups excluding tert-OH is 1. The Morgan fingerprint density at radius 2 is 2.11 bits per heavy atom. The second kappa shape index (κ2) is 7.61. The first kappa shape index (κ1) is 18.5. The van der Waals surface area contributed by atoms with Crippen molar-refractivity contribution in [1.29, 1.82) is 0 Å². The molecule has 1 N–H and O–H groups in total. The molecular weight excluding hydrogens is 360 g/mol. The van der Waals surface area contributed by atoms with Crippen LogP contribution in [0.5, 0.6) is 5.75 Å². The summed E-state index contributed by atoms with van der Waals surface area (Å²) in [6.45, 7) is 1.64. The van der Waals surface area contributed by atoms with E-state index >= 15 is 0 Å². The van der Waals surface area contributed by atoms with E-state index in [1.807, 2.05) is 53.9 Å². The summed E-state index contributed by atoms with van der Waals surface area (Å²) >= 11 is 0. The van der Waals surface area contributed by atoms with Gasteiger partial charge in [0.1, 0.15) is 12.7 Å². The minimum absolute atomic E-state index is 0.103. The predicted octanol–water partition coefficient (Wildman–Crippen LogP) is 2.37. The molecule has 146 valence electrons. The summed E-state index contributed by atoms with van der Waals surface area (Å²) in [5.74, 6) is 0.145. The molecule has 0 radical (unpaired) electrons. The average molecular weight is 382 g/mol. The molecule has 4 rings (SSSR count). The number of aromatic nitrogens is 2. The summed E-state index contributed by atoms with van der Waals surface area (Å²) in [5, 5.41) is 9.63. The maximum absolute atomic E-state index is 12.0. The number of hydrogen-bond acceptors (Lipinski definition) is 6. The first-order chi connectivity index (χ1) is 13.6. The zero-order chi connectivity index (χ0) is 19.7. The zero-order valence-corrected chi connectivity index (χ0v) is 15.8. The quantitative estimate of drug-likeness (QED) is 0.659. The molecule has 1 aliphatic rings. The van der Waals surface area contributed by atoms with Gasteiger partial charge in [0, 0.05) is 19.7 Å². The summed E-state index contributed by atoms with van der Waals surface area (Å²) in [7, 11) is 1.46. The van der Waals surface area contributed by atoms with Crippen molar-refractivity contribution in [2.75, 3.05) is 13.7 Å². The molecule has 2 unspecified atom stereocenters. The summed E-state index contributed by atoms with van der Waals surface area (Å²) in [4.78, 5) is 16.5. The molecule has 0 amide bonds. The Morgan fingerprint density at radius 1 is 1.29 bits per heavy atom. The number of ether oxygens (including phenoxy) is 3. The van der Waals surface area contributed by atoms with Gasteiger partial charge in [-0.25, -0.2) is 9.78 Å². The van der Waals surface area contributed by atoms with Crippen LogP contribution >= 0.6 is 0 Å². The highest BCUT2D eigenvalue weighted by Gasteiger charge is 2.37. The van der Waals surface area contributed by atoms with Crippen molar-refractivity contribution in [1.82, 2.24) is 9.38 Å². The van der Waals surface area contributed by atoms with Gasteiger partial charge in [0.25, 0.3) is 0 Å². The standard InChI is InChI=1S/C21H22N2O5/c1-13-16(11-24)23-9-5-8-17(21(23)22-13)28-20-15-7-4-3-6-14(15)10-18(20)27-19(25)12-26-2/h3-9,18,20,24H,10-12H2,1-2H3. The van der Waals surface area contributed by atoms with Crippen LogP contribution in [0.25, 0.3) is 5.65 Å². The number of fused-ring (bicyclic) bond motifs is 2. The SMILES string of the molecule is COCC(=O)OC1Cc2ccccc2C1Oc1cccn2c(CO)c(C)nc12. The van der Waals surface area contributed by atoms with Gasteiger partial charge in [0.05, 0.1) is 18.0 Å². The summed E-state index contributed by atoms with van der Waals surface area (Å²) in [6, 6.07) is 11.6. The lowest BCUT2D eigenvalue weighted by atomic mass is 10.1. The second-order valence-electron chi connectivity index (χ2n) is 6.77. The lowest BCUT2D eigenvalue weighted by Gasteiger charge is -2.22. The van der Waals surface area contributed by atoms with Gasteiger partial charge in [-0.05, 0) is 30.2 Å². The van der Waals surface area contributed by atoms with Gasteiger partial charge in [-0.15, -0.1) is 0 Å². The van der Waals surface area contributed by atoms with Crippen LogP contribution in [0.3, 0.4) is 0 Å². The lowest BCUT2D eigenvalue weighted by Crippen LogP contribution is -2.28. The summed E-state index contributed by atoms with van der Waals surface area (Å²) in [5.41, 5.74) is 4.16. The van der Waals surface area contributed by atoms with E-state index in [1.54, 1.807) is 0 Å². The number of rotatable bonds is 6. The first-order valence-corrected chi connectivity index (χ1v) is 9.12. The number of methoxy groups -OCH3 is 1. The van der Waals surface area contributed by atoms with E-state index in [1.165, 1.54) is 7.11 Å². The van der Waals surface area contributed by atoms with Gasteiger partial charge >= 0.3 is 5.97 Å². The Balaban J connectivity index is 1.70. The summed E-state index contributed by atoms with van der Waals surface area (Å²) < 4.78 is 18.7. The van der Waals surface area contributed by atoms with Crippen LogP contribution in [0, 0.1) is 6.92 Å². The van der Waals surface area contributed by atoms with Crippen molar-refractivity contribution in [2.24, 2.45) is 0 Å². The van der Waals surface area contributed by atoms with Crippen molar-refractivity contribution in [3.8, 4) is 5.75 Å². The molecule has 28 heavy (non-hydrogen) atoms. The summed E-state index contributed by atoms with van der Waals surface area (Å²) in [6.07, 6.45) is 1.52. The van der Waals surface area contributed by atoms with E-state index in [-0.39, 0.29) is 13.2 Å². The normalized spacial score (nSPS) is 18.2. The molecule has 0 aliphatic heterocycles. The molecule has 1 aromatic carbocycles. The van der Waals surface area contributed by atoms with Crippen LogP contribution in [0.1, 0.15) is 28.6 Å². The number of esters is 1. The highest BCUT2D eigenvalue weighted by Crippen LogP contribution is 2.38. The average Bonchev–Trinajstić information content (AvgIpc) is 3.19. The molecule has 0 spiro atoms. The predicted molar refractivity (Wildman–Crippen MR) is 101 cm³/mol. The number of aryl methyl sites for hydroxylation is 1. The van der Waals surface area contributed by atoms with E-state index in [0.29, 0.717) is 17.8 Å². The van der Waals surface area contributed by atoms with Crippen LogP contribution in [-0.2, 0) is 27.3 Å². The lowest BCUT2D eigenvalue weighted by molar-refractivity contribution is -0.157. The van der Waals surface area contributed by atoms with Gasteiger partial charge in [0.2, 0.25) is 0 Å². The van der Waals surface area contributed by atoms with Crippen LogP contribution in [-0.4, -0.2) is 40.3 Å². The van der Waals surface area contributed by atoms with Gasteiger partial charge in [-0.2, -0.15) is 0 Å². The van der Waals surface area contributed by atoms with E-state index in [4.69, 9.17) is 14.2 Å². The van der Waals surface area contributed by atoms with E-state index < -0.39 is 18.2 Å². The topological polar surface area (TPSA) is 82.3 Å². The smallest absolute Gasteiger partial charge is 0.332 e. The van der Waals surface area contributed by atoms with Crippen molar-refractivity contribution < 1.29 is 24.1 Å². The molecule has 0 saturated carbocycles. The third-order valence-electron chi connectivity index (χ3n) is 4.98. The third kappa shape index (κ3) is 3.23. The van der Waals surface area contributed by atoms with Crippen LogP contribution in [0.2, 0.25) is 0 Å². The number of aliphatic hydroxyl groups is 1. The van der Waals surface area contributed by atoms with Crippen LogP contribution in [0.15, 0.2) is 42.6 Å². The number of imidazole rings is 1. The Morgan fingerprint density at radius 3 is 2.89 bits per heavy atom. The molecule has 7 heteroatoms. The molecule has 0 fully saturated rings. The Labute approximate surface area is 162 Å². The first-order valence-electron chi connectivity index (χ1n) is 9.12. The van der Waals surface area contributed by atoms with Crippen LogP contribution in [0.4, 0.5) is 0 Å². The molecule has 2 heterocycles. The minimum Gasteiger partial charge on any atom is -0.478 e. The fraction of sp³-hybridized carbons (Fsp3) is 0.333. The van der Waals surface area contributed by atoms with Gasteiger partial charge in [0.15, 0.2) is 17.5 Å². The Bertz CT molecular complexity index is 1010. The van der Waals surface area contributed by atoms with E-state index in [9.17, 15) is 9.90 Å². The largest absolute Gasteiger partial charge is 0.478 e. The molecule has 7 nitrogen and oxygen atoms in total. The van der Waals surface area contributed by atoms with Gasteiger partial charge in [-0.3, -0.25) is 4.40 Å². The Kier molecular flexibility index (Phi) is 5.02. The minimum atomic E-state index is -0.450. The third-order valence-corrected chi connectivity index (χ3v) is 4.98. The van der Waals surface area contributed by atoms with Crippen LogP contribution < -0.4 is 4.74 Å². The van der Waals surface area contributed by atoms with Gasteiger partial charge < -0.3 is 19.3 Å². The highest BCUT2D eigenvalue weighted by molar-refractivity contribution is 5.71. The Hall–Kier alpha value is -2.90. The van der Waals surface area contributed by atoms with Crippen molar-refractivity contribution in [3.05, 3.63) is 65.1 Å². The zero-order valence-electron chi connectivity index (χ0n) is 15.8. The number of hydrogen-bond donors (Lipinski definition) is 1.